The van der Waals surface area contributed by atoms with Gasteiger partial charge >= 0.3 is 6.03 Å². The van der Waals surface area contributed by atoms with E-state index in [1.54, 1.807) is 0 Å². The summed E-state index contributed by atoms with van der Waals surface area (Å²) in [5.74, 6) is -10.1. The zero-order valence-corrected chi connectivity index (χ0v) is 8.08. The summed E-state index contributed by atoms with van der Waals surface area (Å²) in [4.78, 5) is 10.8. The molecular weight excluding hydrogens is 247 g/mol. The molecule has 1 aromatic rings. The number of hydrogen-bond acceptors (Lipinski definition) is 1. The molecule has 0 aromatic heterocycles. The summed E-state index contributed by atoms with van der Waals surface area (Å²) >= 11 is 0. The smallest absolute Gasteiger partial charge is 0.315 e. The number of rotatable bonds is 1. The first-order valence-electron chi connectivity index (χ1n) is 4.49. The van der Waals surface area contributed by atoms with E-state index < -0.39 is 46.7 Å². The van der Waals surface area contributed by atoms with Gasteiger partial charge < -0.3 is 10.6 Å². The van der Waals surface area contributed by atoms with Crippen molar-refractivity contribution in [2.75, 3.05) is 6.54 Å². The molecule has 92 valence electrons. The SMILES string of the molecule is O=C1NC[C@@H](c2c(F)c(F)c(F)c(F)c2F)N1. The lowest BCUT2D eigenvalue weighted by Gasteiger charge is -2.13. The van der Waals surface area contributed by atoms with Gasteiger partial charge in [-0.15, -0.1) is 0 Å². The van der Waals surface area contributed by atoms with E-state index in [4.69, 9.17) is 0 Å². The highest BCUT2D eigenvalue weighted by Gasteiger charge is 2.33. The first-order chi connectivity index (χ1) is 7.93. The van der Waals surface area contributed by atoms with E-state index >= 15 is 0 Å². The number of hydrogen-bond donors (Lipinski definition) is 2. The fourth-order valence-electron chi connectivity index (χ4n) is 1.56. The van der Waals surface area contributed by atoms with Gasteiger partial charge in [0.1, 0.15) is 0 Å². The van der Waals surface area contributed by atoms with E-state index in [1.165, 1.54) is 0 Å². The van der Waals surface area contributed by atoms with Crippen molar-refractivity contribution in [3.63, 3.8) is 0 Å². The molecular formula is C9H5F5N2O. The molecule has 1 saturated heterocycles. The molecule has 0 spiro atoms. The molecule has 1 aromatic carbocycles. The zero-order chi connectivity index (χ0) is 12.7. The van der Waals surface area contributed by atoms with Crippen molar-refractivity contribution in [1.82, 2.24) is 10.6 Å². The Morgan fingerprint density at radius 3 is 1.76 bits per heavy atom. The van der Waals surface area contributed by atoms with Gasteiger partial charge in [0.2, 0.25) is 5.82 Å². The highest BCUT2D eigenvalue weighted by atomic mass is 19.2. The monoisotopic (exact) mass is 252 g/mol. The molecule has 0 radical (unpaired) electrons. The number of nitrogens with one attached hydrogen (secondary N) is 2. The Morgan fingerprint density at radius 1 is 0.882 bits per heavy atom. The Morgan fingerprint density at radius 2 is 1.35 bits per heavy atom. The Bertz CT molecular complexity index is 476. The van der Waals surface area contributed by atoms with Gasteiger partial charge in [-0.25, -0.2) is 26.7 Å². The van der Waals surface area contributed by atoms with E-state index in [1.807, 2.05) is 5.32 Å². The van der Waals surface area contributed by atoms with Crippen molar-refractivity contribution >= 4 is 6.03 Å². The third-order valence-corrected chi connectivity index (χ3v) is 2.36. The van der Waals surface area contributed by atoms with Crippen LogP contribution in [-0.2, 0) is 0 Å². The molecule has 8 heteroatoms. The Kier molecular flexibility index (Phi) is 2.64. The van der Waals surface area contributed by atoms with Gasteiger partial charge in [0.05, 0.1) is 11.6 Å². The first kappa shape index (κ1) is 11.6. The highest BCUT2D eigenvalue weighted by molar-refractivity contribution is 5.76. The topological polar surface area (TPSA) is 41.1 Å². The van der Waals surface area contributed by atoms with Crippen molar-refractivity contribution in [3.05, 3.63) is 34.6 Å². The molecule has 1 fully saturated rings. The van der Waals surface area contributed by atoms with E-state index in [0.717, 1.165) is 0 Å². The Hall–Kier alpha value is -1.86. The number of halogens is 5. The maximum Gasteiger partial charge on any atom is 0.315 e. The third kappa shape index (κ3) is 1.69. The lowest BCUT2D eigenvalue weighted by Crippen LogP contribution is -2.23. The molecule has 0 saturated carbocycles. The van der Waals surface area contributed by atoms with Crippen LogP contribution < -0.4 is 10.6 Å². The van der Waals surface area contributed by atoms with Gasteiger partial charge in [-0.1, -0.05) is 0 Å². The van der Waals surface area contributed by atoms with Gasteiger partial charge in [-0.3, -0.25) is 0 Å². The molecule has 2 N–H and O–H groups in total. The van der Waals surface area contributed by atoms with Crippen LogP contribution in [0.5, 0.6) is 0 Å². The van der Waals surface area contributed by atoms with Crippen LogP contribution in [0.25, 0.3) is 0 Å². The predicted octanol–water partition coefficient (Wildman–Crippen LogP) is 1.74. The summed E-state index contributed by atoms with van der Waals surface area (Å²) in [7, 11) is 0. The fraction of sp³-hybridized carbons (Fsp3) is 0.222. The third-order valence-electron chi connectivity index (χ3n) is 2.36. The molecule has 0 bridgehead atoms. The molecule has 1 atom stereocenters. The maximum absolute atomic E-state index is 13.3. The van der Waals surface area contributed by atoms with Gasteiger partial charge in [0, 0.05) is 6.54 Å². The van der Waals surface area contributed by atoms with Crippen LogP contribution in [0.3, 0.4) is 0 Å². The van der Waals surface area contributed by atoms with Crippen molar-refractivity contribution in [1.29, 1.82) is 0 Å². The molecule has 17 heavy (non-hydrogen) atoms. The Labute approximate surface area is 91.6 Å². The first-order valence-corrected chi connectivity index (χ1v) is 4.49. The summed E-state index contributed by atoms with van der Waals surface area (Å²) in [6.45, 7) is -0.253. The minimum Gasteiger partial charge on any atom is -0.336 e. The van der Waals surface area contributed by atoms with Crippen molar-refractivity contribution in [2.24, 2.45) is 0 Å². The highest BCUT2D eigenvalue weighted by Crippen LogP contribution is 2.28. The summed E-state index contributed by atoms with van der Waals surface area (Å²) in [5, 5.41) is 4.19. The molecule has 2 rings (SSSR count). The summed E-state index contributed by atoms with van der Waals surface area (Å²) in [6, 6.07) is -2.02. The largest absolute Gasteiger partial charge is 0.336 e. The van der Waals surface area contributed by atoms with Crippen LogP contribution in [0.4, 0.5) is 26.7 Å². The van der Waals surface area contributed by atoms with Gasteiger partial charge in [-0.05, 0) is 0 Å². The van der Waals surface area contributed by atoms with Crippen molar-refractivity contribution in [2.45, 2.75) is 6.04 Å². The molecule has 1 heterocycles. The second-order valence-electron chi connectivity index (χ2n) is 3.39. The second-order valence-corrected chi connectivity index (χ2v) is 3.39. The van der Waals surface area contributed by atoms with Gasteiger partial charge in [0.25, 0.3) is 0 Å². The van der Waals surface area contributed by atoms with Gasteiger partial charge in [-0.2, -0.15) is 0 Å². The quantitative estimate of drug-likeness (QED) is 0.446. The fourth-order valence-corrected chi connectivity index (χ4v) is 1.56. The molecule has 3 nitrogen and oxygen atoms in total. The molecule has 0 aliphatic carbocycles. The van der Waals surface area contributed by atoms with Crippen molar-refractivity contribution in [3.8, 4) is 0 Å². The van der Waals surface area contributed by atoms with Crippen LogP contribution in [0.15, 0.2) is 0 Å². The number of carbonyl (C=O) groups excluding carboxylic acids is 1. The van der Waals surface area contributed by atoms with Crippen LogP contribution in [0.1, 0.15) is 11.6 Å². The van der Waals surface area contributed by atoms with Crippen LogP contribution in [-0.4, -0.2) is 12.6 Å². The summed E-state index contributed by atoms with van der Waals surface area (Å²) in [5.41, 5.74) is -1.04. The zero-order valence-electron chi connectivity index (χ0n) is 8.08. The lowest BCUT2D eigenvalue weighted by molar-refractivity contribution is 0.247. The average Bonchev–Trinajstić information content (AvgIpc) is 2.71. The predicted molar refractivity (Wildman–Crippen MR) is 45.5 cm³/mol. The van der Waals surface area contributed by atoms with Crippen LogP contribution in [0, 0.1) is 29.1 Å². The van der Waals surface area contributed by atoms with E-state index in [0.29, 0.717) is 0 Å². The van der Waals surface area contributed by atoms with E-state index in [9.17, 15) is 26.7 Å². The maximum atomic E-state index is 13.3. The van der Waals surface area contributed by atoms with E-state index in [2.05, 4.69) is 5.32 Å². The minimum absolute atomic E-state index is 0.253. The molecule has 1 aliphatic heterocycles. The molecule has 0 unspecified atom stereocenters. The summed E-state index contributed by atoms with van der Waals surface area (Å²) in [6.07, 6.45) is 0. The van der Waals surface area contributed by atoms with Crippen LogP contribution in [0.2, 0.25) is 0 Å². The number of benzene rings is 1. The van der Waals surface area contributed by atoms with Crippen LogP contribution >= 0.6 is 0 Å². The standard InChI is InChI=1S/C9H5F5N2O/c10-4-3(2-1-15-9(17)16-2)5(11)7(13)8(14)6(4)12/h2H,1H2,(H2,15,16,17)/t2-/m0/s1. The van der Waals surface area contributed by atoms with Gasteiger partial charge in [0.15, 0.2) is 23.3 Å². The molecule has 2 amide bonds. The minimum atomic E-state index is -2.22. The number of carbonyl (C=O) groups is 1. The Balaban J connectivity index is 2.57. The second kappa shape index (κ2) is 3.86. The summed E-state index contributed by atoms with van der Waals surface area (Å²) < 4.78 is 65.0. The number of amides is 2. The average molecular weight is 252 g/mol. The lowest BCUT2D eigenvalue weighted by atomic mass is 10.1. The van der Waals surface area contributed by atoms with Crippen molar-refractivity contribution < 1.29 is 26.7 Å². The normalized spacial score (nSPS) is 19.1. The number of urea groups is 1. The van der Waals surface area contributed by atoms with E-state index in [-0.39, 0.29) is 6.54 Å². The molecule has 1 aliphatic rings.